The number of methoxy groups -OCH3 is 1. The van der Waals surface area contributed by atoms with Crippen molar-refractivity contribution < 1.29 is 29.2 Å². The average molecular weight is 380 g/mol. The zero-order valence-electron chi connectivity index (χ0n) is 16.6. The summed E-state index contributed by atoms with van der Waals surface area (Å²) in [5, 5.41) is 22.3. The summed E-state index contributed by atoms with van der Waals surface area (Å²) in [5.41, 5.74) is -0.838. The van der Waals surface area contributed by atoms with E-state index in [-0.39, 0.29) is 23.9 Å². The molecule has 0 aromatic carbocycles. The molecule has 1 spiro atoms. The Hall–Kier alpha value is -0.950. The minimum absolute atomic E-state index is 0.0384. The van der Waals surface area contributed by atoms with Crippen LogP contribution in [0.1, 0.15) is 52.4 Å². The third-order valence-electron chi connectivity index (χ3n) is 8.42. The van der Waals surface area contributed by atoms with Crippen molar-refractivity contribution in [3.63, 3.8) is 0 Å². The van der Waals surface area contributed by atoms with Crippen molar-refractivity contribution in [1.29, 1.82) is 0 Å². The van der Waals surface area contributed by atoms with Gasteiger partial charge in [-0.15, -0.1) is 0 Å². The van der Waals surface area contributed by atoms with Gasteiger partial charge in [0.2, 0.25) is 0 Å². The summed E-state index contributed by atoms with van der Waals surface area (Å²) in [6.45, 7) is 5.12. The van der Waals surface area contributed by atoms with Crippen LogP contribution in [-0.4, -0.2) is 54.5 Å². The van der Waals surface area contributed by atoms with Crippen LogP contribution < -0.4 is 0 Å². The van der Waals surface area contributed by atoms with Gasteiger partial charge in [0, 0.05) is 13.2 Å². The third-order valence-corrected chi connectivity index (χ3v) is 8.42. The summed E-state index contributed by atoms with van der Waals surface area (Å²) < 4.78 is 16.7. The summed E-state index contributed by atoms with van der Waals surface area (Å²) in [7, 11) is 1.63. The normalized spacial score (nSPS) is 49.4. The van der Waals surface area contributed by atoms with E-state index in [1.165, 1.54) is 0 Å². The van der Waals surface area contributed by atoms with Crippen LogP contribution >= 0.6 is 0 Å². The maximum atomic E-state index is 11.6. The van der Waals surface area contributed by atoms with Crippen LogP contribution in [0, 0.1) is 22.7 Å². The first kappa shape index (κ1) is 19.4. The molecular weight excluding hydrogens is 348 g/mol. The van der Waals surface area contributed by atoms with Crippen LogP contribution in [0.3, 0.4) is 0 Å². The van der Waals surface area contributed by atoms with Gasteiger partial charge >= 0.3 is 5.97 Å². The van der Waals surface area contributed by atoms with Crippen LogP contribution in [0.15, 0.2) is 11.6 Å². The number of cyclic esters (lactones) is 1. The van der Waals surface area contributed by atoms with Gasteiger partial charge in [-0.3, -0.25) is 0 Å². The largest absolute Gasteiger partial charge is 0.458 e. The molecule has 152 valence electrons. The van der Waals surface area contributed by atoms with Crippen LogP contribution in [0.5, 0.6) is 0 Å². The fraction of sp³-hybridized carbons (Fsp3) is 0.857. The smallest absolute Gasteiger partial charge is 0.331 e. The first-order chi connectivity index (χ1) is 12.8. The van der Waals surface area contributed by atoms with Gasteiger partial charge in [-0.25, -0.2) is 4.79 Å². The molecule has 0 amide bonds. The highest BCUT2D eigenvalue weighted by Crippen LogP contribution is 2.68. The van der Waals surface area contributed by atoms with E-state index in [9.17, 15) is 15.0 Å². The second-order valence-electron chi connectivity index (χ2n) is 9.34. The molecule has 4 aliphatic rings. The van der Waals surface area contributed by atoms with Crippen LogP contribution in [0.25, 0.3) is 0 Å². The number of esters is 1. The first-order valence-electron chi connectivity index (χ1n) is 10.2. The Bertz CT molecular complexity index is 647. The number of ether oxygens (including phenoxy) is 3. The Morgan fingerprint density at radius 3 is 2.78 bits per heavy atom. The van der Waals surface area contributed by atoms with Gasteiger partial charge in [-0.1, -0.05) is 13.8 Å². The highest BCUT2D eigenvalue weighted by molar-refractivity contribution is 5.85. The van der Waals surface area contributed by atoms with Gasteiger partial charge in [-0.05, 0) is 61.3 Å². The van der Waals surface area contributed by atoms with Gasteiger partial charge in [-0.2, -0.15) is 0 Å². The van der Waals surface area contributed by atoms with Gasteiger partial charge in [0.15, 0.2) is 6.29 Å². The standard InChI is InChI=1S/C21H32O6/c1-13-6-9-20-15(19(13,2)8-7-14-10-17(23)26-11-14)4-5-16(22)21(20,24)12-27-18(20)25-3/h10,13,15-16,18,22,24H,4-9,11-12H2,1-3H3/t13-,15-,16+,18-,19+,20-,21-/m0/s1. The highest BCUT2D eigenvalue weighted by Gasteiger charge is 2.73. The Kier molecular flexibility index (Phi) is 4.70. The molecule has 6 nitrogen and oxygen atoms in total. The molecular formula is C21H32O6. The summed E-state index contributed by atoms with van der Waals surface area (Å²) in [6, 6.07) is 0. The van der Waals surface area contributed by atoms with E-state index in [1.807, 2.05) is 0 Å². The Morgan fingerprint density at radius 1 is 1.33 bits per heavy atom. The van der Waals surface area contributed by atoms with E-state index >= 15 is 0 Å². The van der Waals surface area contributed by atoms with Crippen LogP contribution in [0.4, 0.5) is 0 Å². The molecule has 4 rings (SSSR count). The SMILES string of the molecule is CO[C@H]1OC[C@]2(O)[C@H](O)CC[C@H]3[C@](C)(CCC4=CC(=O)OC4)[C@@H](C)CC[C@@]132. The van der Waals surface area contributed by atoms with Crippen molar-refractivity contribution in [2.24, 2.45) is 22.7 Å². The van der Waals surface area contributed by atoms with Crippen molar-refractivity contribution in [3.05, 3.63) is 11.6 Å². The fourth-order valence-electron chi connectivity index (χ4n) is 6.63. The Labute approximate surface area is 160 Å². The van der Waals surface area contributed by atoms with Gasteiger partial charge in [0.1, 0.15) is 12.2 Å². The number of aliphatic hydroxyl groups excluding tert-OH is 1. The van der Waals surface area contributed by atoms with Crippen molar-refractivity contribution >= 4 is 5.97 Å². The lowest BCUT2D eigenvalue weighted by atomic mass is 9.42. The second kappa shape index (κ2) is 6.55. The van der Waals surface area contributed by atoms with E-state index in [0.29, 0.717) is 18.9 Å². The van der Waals surface area contributed by atoms with E-state index in [1.54, 1.807) is 13.2 Å². The van der Waals surface area contributed by atoms with Crippen molar-refractivity contribution in [2.75, 3.05) is 20.3 Å². The zero-order chi connectivity index (χ0) is 19.4. The van der Waals surface area contributed by atoms with E-state index < -0.39 is 23.4 Å². The van der Waals surface area contributed by atoms with Crippen LogP contribution in [-0.2, 0) is 19.0 Å². The molecule has 1 saturated heterocycles. The lowest BCUT2D eigenvalue weighted by Gasteiger charge is -2.63. The van der Waals surface area contributed by atoms with Gasteiger partial charge < -0.3 is 24.4 Å². The minimum Gasteiger partial charge on any atom is -0.458 e. The molecule has 0 aromatic heterocycles. The molecule has 2 aliphatic carbocycles. The topological polar surface area (TPSA) is 85.2 Å². The van der Waals surface area contributed by atoms with Crippen molar-refractivity contribution in [3.8, 4) is 0 Å². The summed E-state index contributed by atoms with van der Waals surface area (Å²) in [5.74, 6) is 0.416. The molecule has 0 radical (unpaired) electrons. The van der Waals surface area contributed by atoms with Crippen molar-refractivity contribution in [1.82, 2.24) is 0 Å². The monoisotopic (exact) mass is 380 g/mol. The number of carbonyl (C=O) groups excluding carboxylic acids is 1. The number of hydrogen-bond donors (Lipinski definition) is 2. The third kappa shape index (κ3) is 2.56. The van der Waals surface area contributed by atoms with E-state index in [2.05, 4.69) is 13.8 Å². The summed E-state index contributed by atoms with van der Waals surface area (Å²) in [6.07, 6.45) is 5.26. The Balaban J connectivity index is 1.68. The maximum Gasteiger partial charge on any atom is 0.331 e. The first-order valence-corrected chi connectivity index (χ1v) is 10.2. The molecule has 2 saturated carbocycles. The summed E-state index contributed by atoms with van der Waals surface area (Å²) in [4.78, 5) is 11.4. The lowest BCUT2D eigenvalue weighted by Crippen LogP contribution is -2.69. The fourth-order valence-corrected chi connectivity index (χ4v) is 6.63. The molecule has 7 atom stereocenters. The van der Waals surface area contributed by atoms with Gasteiger partial charge in [0.05, 0.1) is 18.1 Å². The zero-order valence-corrected chi connectivity index (χ0v) is 16.6. The molecule has 0 unspecified atom stereocenters. The molecule has 3 fully saturated rings. The average Bonchev–Trinajstić information content (AvgIpc) is 3.19. The molecule has 0 aromatic rings. The maximum absolute atomic E-state index is 11.6. The van der Waals surface area contributed by atoms with Crippen molar-refractivity contribution in [2.45, 2.75) is 70.4 Å². The predicted molar refractivity (Wildman–Crippen MR) is 97.6 cm³/mol. The second-order valence-corrected chi connectivity index (χ2v) is 9.34. The number of hydrogen-bond acceptors (Lipinski definition) is 6. The molecule has 27 heavy (non-hydrogen) atoms. The molecule has 2 aliphatic heterocycles. The number of aliphatic hydroxyl groups is 2. The molecule has 6 heteroatoms. The van der Waals surface area contributed by atoms with Gasteiger partial charge in [0.25, 0.3) is 0 Å². The minimum atomic E-state index is -1.26. The molecule has 0 bridgehead atoms. The number of rotatable bonds is 4. The summed E-state index contributed by atoms with van der Waals surface area (Å²) >= 11 is 0. The van der Waals surface area contributed by atoms with E-state index in [0.717, 1.165) is 37.7 Å². The van der Waals surface area contributed by atoms with E-state index in [4.69, 9.17) is 14.2 Å². The highest BCUT2D eigenvalue weighted by atomic mass is 16.7. The predicted octanol–water partition coefficient (Wildman–Crippen LogP) is 2.18. The lowest BCUT2D eigenvalue weighted by molar-refractivity contribution is -0.267. The Morgan fingerprint density at radius 2 is 2.11 bits per heavy atom. The molecule has 2 heterocycles. The van der Waals surface area contributed by atoms with Crippen LogP contribution in [0.2, 0.25) is 0 Å². The quantitative estimate of drug-likeness (QED) is 0.727. The molecule has 2 N–H and O–H groups in total. The number of carbonyl (C=O) groups is 1.